The van der Waals surface area contributed by atoms with Crippen molar-refractivity contribution in [3.05, 3.63) is 18.1 Å². The number of anilines is 1. The number of nitrogens with one attached hydrogen (secondary N) is 2. The molecule has 1 aromatic heterocycles. The van der Waals surface area contributed by atoms with E-state index in [-0.39, 0.29) is 17.4 Å². The molecule has 1 heterocycles. The Hall–Kier alpha value is -1.65. The van der Waals surface area contributed by atoms with E-state index >= 15 is 0 Å². The second-order valence-electron chi connectivity index (χ2n) is 5.44. The molecule has 18 heavy (non-hydrogen) atoms. The molecule has 5 nitrogen and oxygen atoms in total. The quantitative estimate of drug-likeness (QED) is 0.834. The van der Waals surface area contributed by atoms with Crippen molar-refractivity contribution in [1.29, 1.82) is 0 Å². The highest BCUT2D eigenvalue weighted by atomic mass is 16.2. The number of hydrogen-bond acceptors (Lipinski definition) is 4. The summed E-state index contributed by atoms with van der Waals surface area (Å²) in [4.78, 5) is 20.3. The molecule has 1 aliphatic rings. The van der Waals surface area contributed by atoms with Gasteiger partial charge in [-0.1, -0.05) is 20.8 Å². The highest BCUT2D eigenvalue weighted by Crippen LogP contribution is 2.44. The van der Waals surface area contributed by atoms with Crippen LogP contribution in [0.2, 0.25) is 0 Å². The first-order valence-corrected chi connectivity index (χ1v) is 6.39. The lowest BCUT2D eigenvalue weighted by molar-refractivity contribution is 0.0941. The summed E-state index contributed by atoms with van der Waals surface area (Å²) < 4.78 is 0. The molecule has 1 fully saturated rings. The van der Waals surface area contributed by atoms with Crippen molar-refractivity contribution < 1.29 is 4.79 Å². The Kier molecular flexibility index (Phi) is 3.50. The maximum atomic E-state index is 12.0. The Bertz CT molecular complexity index is 444. The fourth-order valence-electron chi connectivity index (χ4n) is 1.76. The van der Waals surface area contributed by atoms with Crippen molar-refractivity contribution in [3.63, 3.8) is 0 Å². The molecule has 0 spiro atoms. The van der Waals surface area contributed by atoms with Gasteiger partial charge in [-0.3, -0.25) is 9.78 Å². The molecule has 0 saturated heterocycles. The van der Waals surface area contributed by atoms with E-state index in [2.05, 4.69) is 41.4 Å². The summed E-state index contributed by atoms with van der Waals surface area (Å²) in [6.07, 6.45) is 5.17. The van der Waals surface area contributed by atoms with Gasteiger partial charge in [-0.25, -0.2) is 4.98 Å². The van der Waals surface area contributed by atoms with E-state index in [4.69, 9.17) is 0 Å². The molecule has 5 heteroatoms. The van der Waals surface area contributed by atoms with Crippen LogP contribution in [-0.2, 0) is 0 Å². The van der Waals surface area contributed by atoms with Crippen molar-refractivity contribution in [2.45, 2.75) is 39.7 Å². The summed E-state index contributed by atoms with van der Waals surface area (Å²) in [7, 11) is 0. The van der Waals surface area contributed by atoms with Gasteiger partial charge in [-0.05, 0) is 18.3 Å². The van der Waals surface area contributed by atoms with Gasteiger partial charge in [0.1, 0.15) is 11.5 Å². The minimum Gasteiger partial charge on any atom is -0.369 e. The Morgan fingerprint density at radius 2 is 2.22 bits per heavy atom. The van der Waals surface area contributed by atoms with E-state index in [0.29, 0.717) is 11.5 Å². The molecule has 1 amide bonds. The van der Waals surface area contributed by atoms with E-state index in [1.54, 1.807) is 6.20 Å². The Balaban J connectivity index is 1.97. The smallest absolute Gasteiger partial charge is 0.271 e. The molecule has 1 aliphatic carbocycles. The maximum absolute atomic E-state index is 12.0. The average Bonchev–Trinajstić information content (AvgIpc) is 2.94. The van der Waals surface area contributed by atoms with Crippen LogP contribution in [0, 0.1) is 5.41 Å². The van der Waals surface area contributed by atoms with Crippen LogP contribution in [0.25, 0.3) is 0 Å². The number of amides is 1. The zero-order valence-corrected chi connectivity index (χ0v) is 11.2. The summed E-state index contributed by atoms with van der Waals surface area (Å²) in [5.41, 5.74) is 0.597. The van der Waals surface area contributed by atoms with Gasteiger partial charge in [-0.15, -0.1) is 0 Å². The molecule has 98 valence electrons. The van der Waals surface area contributed by atoms with Crippen molar-refractivity contribution in [3.8, 4) is 0 Å². The number of aromatic nitrogens is 2. The van der Waals surface area contributed by atoms with E-state index in [1.165, 1.54) is 6.20 Å². The summed E-state index contributed by atoms with van der Waals surface area (Å²) in [5, 5.41) is 6.10. The SMILES string of the molecule is CCCNc1cncc(C(=O)NC2CC2(C)C)n1. The standard InChI is InChI=1S/C13H20N4O/c1-4-5-15-11-8-14-7-9(16-11)12(18)17-10-6-13(10,2)3/h7-8,10H,4-6H2,1-3H3,(H,15,16)(H,17,18). The first-order chi connectivity index (χ1) is 8.53. The first-order valence-electron chi connectivity index (χ1n) is 6.39. The van der Waals surface area contributed by atoms with Crippen LogP contribution in [0.1, 0.15) is 44.1 Å². The summed E-state index contributed by atoms with van der Waals surface area (Å²) in [6, 6.07) is 0.263. The minimum atomic E-state index is -0.141. The molecule has 2 rings (SSSR count). The predicted molar refractivity (Wildman–Crippen MR) is 70.5 cm³/mol. The molecule has 2 N–H and O–H groups in total. The Morgan fingerprint density at radius 3 is 2.83 bits per heavy atom. The molecule has 0 radical (unpaired) electrons. The molecule has 1 aromatic rings. The van der Waals surface area contributed by atoms with Gasteiger partial charge in [0, 0.05) is 12.6 Å². The van der Waals surface area contributed by atoms with Crippen molar-refractivity contribution in [2.24, 2.45) is 5.41 Å². The van der Waals surface area contributed by atoms with E-state index in [0.717, 1.165) is 19.4 Å². The van der Waals surface area contributed by atoms with Gasteiger partial charge in [0.15, 0.2) is 0 Å². The molecule has 1 unspecified atom stereocenters. The molecule has 0 aliphatic heterocycles. The minimum absolute atomic E-state index is 0.141. The molecular weight excluding hydrogens is 228 g/mol. The van der Waals surface area contributed by atoms with Crippen LogP contribution in [0.3, 0.4) is 0 Å². The summed E-state index contributed by atoms with van der Waals surface area (Å²) in [5.74, 6) is 0.512. The number of nitrogens with zero attached hydrogens (tertiary/aromatic N) is 2. The van der Waals surface area contributed by atoms with Gasteiger partial charge < -0.3 is 10.6 Å². The van der Waals surface area contributed by atoms with Crippen molar-refractivity contribution in [1.82, 2.24) is 15.3 Å². The van der Waals surface area contributed by atoms with E-state index in [1.807, 2.05) is 0 Å². The van der Waals surface area contributed by atoms with Gasteiger partial charge in [0.25, 0.3) is 5.91 Å². The number of carbonyl (C=O) groups excluding carboxylic acids is 1. The largest absolute Gasteiger partial charge is 0.369 e. The van der Waals surface area contributed by atoms with Gasteiger partial charge in [0.2, 0.25) is 0 Å². The summed E-state index contributed by atoms with van der Waals surface area (Å²) >= 11 is 0. The maximum Gasteiger partial charge on any atom is 0.271 e. The third kappa shape index (κ3) is 2.97. The molecular formula is C13H20N4O. The van der Waals surface area contributed by atoms with Crippen LogP contribution >= 0.6 is 0 Å². The highest BCUT2D eigenvalue weighted by molar-refractivity contribution is 5.92. The number of rotatable bonds is 5. The second-order valence-corrected chi connectivity index (χ2v) is 5.44. The van der Waals surface area contributed by atoms with Gasteiger partial charge >= 0.3 is 0 Å². The predicted octanol–water partition coefficient (Wildman–Crippen LogP) is 1.83. The third-order valence-corrected chi connectivity index (χ3v) is 3.24. The number of carbonyl (C=O) groups is 1. The first kappa shape index (κ1) is 12.8. The topological polar surface area (TPSA) is 66.9 Å². The third-order valence-electron chi connectivity index (χ3n) is 3.24. The molecule has 1 saturated carbocycles. The molecule has 0 bridgehead atoms. The lowest BCUT2D eigenvalue weighted by atomic mass is 10.2. The highest BCUT2D eigenvalue weighted by Gasteiger charge is 2.46. The van der Waals surface area contributed by atoms with Crippen molar-refractivity contribution >= 4 is 11.7 Å². The number of hydrogen-bond donors (Lipinski definition) is 2. The average molecular weight is 248 g/mol. The van der Waals surface area contributed by atoms with Crippen LogP contribution in [-0.4, -0.2) is 28.5 Å². The normalized spacial score (nSPS) is 20.3. The Labute approximate surface area is 107 Å². The fourth-order valence-corrected chi connectivity index (χ4v) is 1.76. The summed E-state index contributed by atoms with van der Waals surface area (Å²) in [6.45, 7) is 7.19. The van der Waals surface area contributed by atoms with E-state index < -0.39 is 0 Å². The fraction of sp³-hybridized carbons (Fsp3) is 0.615. The second kappa shape index (κ2) is 4.92. The van der Waals surface area contributed by atoms with Crippen LogP contribution < -0.4 is 10.6 Å². The van der Waals surface area contributed by atoms with Crippen LogP contribution in [0.15, 0.2) is 12.4 Å². The lowest BCUT2D eigenvalue weighted by Gasteiger charge is -2.08. The van der Waals surface area contributed by atoms with Crippen LogP contribution in [0.4, 0.5) is 5.82 Å². The monoisotopic (exact) mass is 248 g/mol. The molecule has 0 aromatic carbocycles. The van der Waals surface area contributed by atoms with Crippen LogP contribution in [0.5, 0.6) is 0 Å². The van der Waals surface area contributed by atoms with Gasteiger partial charge in [-0.2, -0.15) is 0 Å². The van der Waals surface area contributed by atoms with Gasteiger partial charge in [0.05, 0.1) is 12.4 Å². The van der Waals surface area contributed by atoms with Crippen molar-refractivity contribution in [2.75, 3.05) is 11.9 Å². The lowest BCUT2D eigenvalue weighted by Crippen LogP contribution is -2.29. The van der Waals surface area contributed by atoms with E-state index in [9.17, 15) is 4.79 Å². The zero-order chi connectivity index (χ0) is 13.2. The zero-order valence-electron chi connectivity index (χ0n) is 11.2. The molecule has 1 atom stereocenters. The Morgan fingerprint density at radius 1 is 1.50 bits per heavy atom.